The molecule has 0 radical (unpaired) electrons. The zero-order chi connectivity index (χ0) is 13.7. The van der Waals surface area contributed by atoms with Gasteiger partial charge in [0.05, 0.1) is 11.8 Å². The molecule has 6 nitrogen and oxygen atoms in total. The van der Waals surface area contributed by atoms with Crippen LogP contribution in [0.3, 0.4) is 0 Å². The number of aryl methyl sites for hydroxylation is 1. The van der Waals surface area contributed by atoms with Crippen molar-refractivity contribution >= 4 is 11.6 Å². The largest absolute Gasteiger partial charge is 0.368 e. The van der Waals surface area contributed by atoms with Crippen molar-refractivity contribution in [3.8, 4) is 0 Å². The van der Waals surface area contributed by atoms with Crippen LogP contribution in [0.15, 0.2) is 23.1 Å². The number of piperidine rings is 1. The third-order valence-corrected chi connectivity index (χ3v) is 3.11. The lowest BCUT2D eigenvalue weighted by Gasteiger charge is -2.22. The average Bonchev–Trinajstić information content (AvgIpc) is 2.42. The molecule has 0 spiro atoms. The highest BCUT2D eigenvalue weighted by Crippen LogP contribution is 2.07. The lowest BCUT2D eigenvalue weighted by atomic mass is 10.1. The summed E-state index contributed by atoms with van der Waals surface area (Å²) in [6.07, 6.45) is 3.62. The maximum atomic E-state index is 11.7. The second kappa shape index (κ2) is 6.49. The van der Waals surface area contributed by atoms with Crippen LogP contribution in [0.4, 0.5) is 5.69 Å². The molecule has 1 amide bonds. The van der Waals surface area contributed by atoms with Gasteiger partial charge in [-0.2, -0.15) is 0 Å². The summed E-state index contributed by atoms with van der Waals surface area (Å²) in [5.41, 5.74) is 0.491. The predicted molar refractivity (Wildman–Crippen MR) is 72.2 cm³/mol. The van der Waals surface area contributed by atoms with Crippen LogP contribution >= 0.6 is 0 Å². The van der Waals surface area contributed by atoms with Gasteiger partial charge in [0.2, 0.25) is 11.5 Å². The molecule has 0 aromatic carbocycles. The molecule has 6 heteroatoms. The summed E-state index contributed by atoms with van der Waals surface area (Å²) in [6.45, 7) is 1.92. The molecule has 1 saturated heterocycles. The molecule has 0 atom stereocenters. The molecule has 2 heterocycles. The fourth-order valence-electron chi connectivity index (χ4n) is 2.02. The van der Waals surface area contributed by atoms with Crippen molar-refractivity contribution < 1.29 is 9.53 Å². The van der Waals surface area contributed by atoms with Gasteiger partial charge in [0.1, 0.15) is 6.61 Å². The zero-order valence-corrected chi connectivity index (χ0v) is 11.0. The van der Waals surface area contributed by atoms with Crippen LogP contribution in [-0.4, -0.2) is 36.3 Å². The Hall–Kier alpha value is -1.66. The van der Waals surface area contributed by atoms with Gasteiger partial charge in [-0.1, -0.05) is 0 Å². The SMILES string of the molecule is Cn1cc(NC(=O)COC2CCNCC2)ccc1=O. The van der Waals surface area contributed by atoms with Gasteiger partial charge in [-0.25, -0.2) is 0 Å². The first-order valence-corrected chi connectivity index (χ1v) is 6.44. The summed E-state index contributed by atoms with van der Waals surface area (Å²) in [4.78, 5) is 22.9. The van der Waals surface area contributed by atoms with Gasteiger partial charge in [-0.3, -0.25) is 9.59 Å². The Kier molecular flexibility index (Phi) is 4.70. The van der Waals surface area contributed by atoms with E-state index in [0.717, 1.165) is 25.9 Å². The molecule has 1 aromatic heterocycles. The number of hydrogen-bond donors (Lipinski definition) is 2. The molecule has 0 bridgehead atoms. The lowest BCUT2D eigenvalue weighted by Crippen LogP contribution is -2.34. The molecule has 104 valence electrons. The van der Waals surface area contributed by atoms with E-state index in [2.05, 4.69) is 10.6 Å². The van der Waals surface area contributed by atoms with E-state index >= 15 is 0 Å². The smallest absolute Gasteiger partial charge is 0.250 e. The first-order chi connectivity index (χ1) is 9.15. The minimum atomic E-state index is -0.197. The van der Waals surface area contributed by atoms with Crippen molar-refractivity contribution in [1.29, 1.82) is 0 Å². The number of hydrogen-bond acceptors (Lipinski definition) is 4. The number of aromatic nitrogens is 1. The second-order valence-corrected chi connectivity index (χ2v) is 4.68. The first kappa shape index (κ1) is 13.8. The Bertz CT molecular complexity index is 492. The number of pyridine rings is 1. The third kappa shape index (κ3) is 4.18. The summed E-state index contributed by atoms with van der Waals surface area (Å²) < 4.78 is 6.97. The van der Waals surface area contributed by atoms with Crippen LogP contribution < -0.4 is 16.2 Å². The van der Waals surface area contributed by atoms with Gasteiger partial charge in [-0.15, -0.1) is 0 Å². The summed E-state index contributed by atoms with van der Waals surface area (Å²) in [5.74, 6) is -0.197. The molecule has 1 aliphatic heterocycles. The molecular weight excluding hydrogens is 246 g/mol. The number of anilines is 1. The van der Waals surface area contributed by atoms with E-state index in [0.29, 0.717) is 5.69 Å². The van der Waals surface area contributed by atoms with E-state index in [1.54, 1.807) is 19.3 Å². The highest BCUT2D eigenvalue weighted by molar-refractivity contribution is 5.91. The quantitative estimate of drug-likeness (QED) is 0.809. The topological polar surface area (TPSA) is 72.4 Å². The van der Waals surface area contributed by atoms with E-state index < -0.39 is 0 Å². The second-order valence-electron chi connectivity index (χ2n) is 4.68. The maximum absolute atomic E-state index is 11.7. The van der Waals surface area contributed by atoms with Gasteiger partial charge in [0.25, 0.3) is 0 Å². The molecule has 0 aliphatic carbocycles. The Morgan fingerprint density at radius 1 is 1.47 bits per heavy atom. The molecule has 1 fully saturated rings. The van der Waals surface area contributed by atoms with Gasteiger partial charge in [0, 0.05) is 19.3 Å². The maximum Gasteiger partial charge on any atom is 0.250 e. The van der Waals surface area contributed by atoms with E-state index in [-0.39, 0.29) is 24.2 Å². The average molecular weight is 265 g/mol. The van der Waals surface area contributed by atoms with Crippen LogP contribution in [0.5, 0.6) is 0 Å². The summed E-state index contributed by atoms with van der Waals surface area (Å²) in [5, 5.41) is 5.95. The lowest BCUT2D eigenvalue weighted by molar-refractivity contribution is -0.123. The van der Waals surface area contributed by atoms with Gasteiger partial charge >= 0.3 is 0 Å². The number of carbonyl (C=O) groups is 1. The fraction of sp³-hybridized carbons (Fsp3) is 0.538. The van der Waals surface area contributed by atoms with Crippen molar-refractivity contribution in [1.82, 2.24) is 9.88 Å². The van der Waals surface area contributed by atoms with Crippen LogP contribution in [0.25, 0.3) is 0 Å². The van der Waals surface area contributed by atoms with Crippen molar-refractivity contribution in [3.05, 3.63) is 28.7 Å². The number of nitrogens with one attached hydrogen (secondary N) is 2. The summed E-state index contributed by atoms with van der Waals surface area (Å²) in [7, 11) is 1.64. The highest BCUT2D eigenvalue weighted by atomic mass is 16.5. The van der Waals surface area contributed by atoms with Crippen LogP contribution in [0.2, 0.25) is 0 Å². The molecule has 19 heavy (non-hydrogen) atoms. The predicted octanol–water partition coefficient (Wildman–Crippen LogP) is 0.0924. The van der Waals surface area contributed by atoms with Crippen LogP contribution in [0.1, 0.15) is 12.8 Å². The third-order valence-electron chi connectivity index (χ3n) is 3.11. The number of nitrogens with zero attached hydrogens (tertiary/aromatic N) is 1. The highest BCUT2D eigenvalue weighted by Gasteiger charge is 2.14. The Balaban J connectivity index is 1.80. The van der Waals surface area contributed by atoms with Crippen LogP contribution in [0, 0.1) is 0 Å². The fourth-order valence-corrected chi connectivity index (χ4v) is 2.02. The Morgan fingerprint density at radius 2 is 2.21 bits per heavy atom. The van der Waals surface area contributed by atoms with Gasteiger partial charge in [-0.05, 0) is 32.0 Å². The number of rotatable bonds is 4. The Labute approximate surface area is 111 Å². The van der Waals surface area contributed by atoms with Crippen molar-refractivity contribution in [3.63, 3.8) is 0 Å². The summed E-state index contributed by atoms with van der Waals surface area (Å²) in [6, 6.07) is 3.01. The monoisotopic (exact) mass is 265 g/mol. The molecule has 2 rings (SSSR count). The molecular formula is C13H19N3O3. The Morgan fingerprint density at radius 3 is 2.89 bits per heavy atom. The standard InChI is InChI=1S/C13H19N3O3/c1-16-8-10(2-3-13(16)18)15-12(17)9-19-11-4-6-14-7-5-11/h2-3,8,11,14H,4-7,9H2,1H3,(H,15,17). The summed E-state index contributed by atoms with van der Waals surface area (Å²) >= 11 is 0. The van der Waals surface area contributed by atoms with Gasteiger partial charge < -0.3 is 19.9 Å². The van der Waals surface area contributed by atoms with E-state index in [9.17, 15) is 9.59 Å². The molecule has 2 N–H and O–H groups in total. The minimum Gasteiger partial charge on any atom is -0.368 e. The van der Waals surface area contributed by atoms with E-state index in [4.69, 9.17) is 4.74 Å². The molecule has 0 unspecified atom stereocenters. The number of ether oxygens (including phenoxy) is 1. The first-order valence-electron chi connectivity index (χ1n) is 6.44. The number of carbonyl (C=O) groups excluding carboxylic acids is 1. The normalized spacial score (nSPS) is 16.3. The van der Waals surface area contributed by atoms with Gasteiger partial charge in [0.15, 0.2) is 0 Å². The van der Waals surface area contributed by atoms with Crippen molar-refractivity contribution in [2.24, 2.45) is 7.05 Å². The van der Waals surface area contributed by atoms with E-state index in [1.807, 2.05) is 0 Å². The van der Waals surface area contributed by atoms with E-state index in [1.165, 1.54) is 10.6 Å². The molecule has 1 aromatic rings. The van der Waals surface area contributed by atoms with Crippen molar-refractivity contribution in [2.75, 3.05) is 25.0 Å². The van der Waals surface area contributed by atoms with Crippen molar-refractivity contribution in [2.45, 2.75) is 18.9 Å². The minimum absolute atomic E-state index is 0.0491. The van der Waals surface area contributed by atoms with Crippen LogP contribution in [-0.2, 0) is 16.6 Å². The molecule has 0 saturated carbocycles. The zero-order valence-electron chi connectivity index (χ0n) is 11.0. The number of amides is 1. The molecule has 1 aliphatic rings.